The van der Waals surface area contributed by atoms with E-state index < -0.39 is 0 Å². The maximum absolute atomic E-state index is 4.19. The summed E-state index contributed by atoms with van der Waals surface area (Å²) in [4.78, 5) is 2.42. The minimum atomic E-state index is 0.675. The first-order valence-electron chi connectivity index (χ1n) is 5.65. The second-order valence-corrected chi connectivity index (χ2v) is 4.36. The van der Waals surface area contributed by atoms with E-state index in [0.717, 1.165) is 13.1 Å². The molecule has 84 valence electrons. The van der Waals surface area contributed by atoms with Gasteiger partial charge in [0.2, 0.25) is 0 Å². The van der Waals surface area contributed by atoms with Crippen LogP contribution in [0, 0.1) is 0 Å². The lowest BCUT2D eigenvalue weighted by atomic mass is 10.1. The smallest absolute Gasteiger partial charge is 0.0521 e. The van der Waals surface area contributed by atoms with Crippen LogP contribution in [0.2, 0.25) is 0 Å². The Bertz CT molecular complexity index is 301. The summed E-state index contributed by atoms with van der Waals surface area (Å²) in [5.74, 6) is 0. The van der Waals surface area contributed by atoms with Gasteiger partial charge in [-0.3, -0.25) is 9.58 Å². The molecule has 1 aromatic rings. The average Bonchev–Trinajstić information content (AvgIpc) is 2.66. The van der Waals surface area contributed by atoms with Gasteiger partial charge in [-0.05, 0) is 32.5 Å². The molecular weight excluding hydrogens is 188 g/mol. The Morgan fingerprint density at radius 1 is 1.67 bits per heavy atom. The zero-order valence-electron chi connectivity index (χ0n) is 9.61. The fourth-order valence-corrected chi connectivity index (χ4v) is 2.15. The van der Waals surface area contributed by atoms with Gasteiger partial charge in [0.05, 0.1) is 5.69 Å². The van der Waals surface area contributed by atoms with E-state index in [2.05, 4.69) is 28.4 Å². The third-order valence-corrected chi connectivity index (χ3v) is 3.23. The van der Waals surface area contributed by atoms with Crippen molar-refractivity contribution in [3.8, 4) is 0 Å². The van der Waals surface area contributed by atoms with Crippen molar-refractivity contribution < 1.29 is 0 Å². The first-order chi connectivity index (χ1) is 7.27. The number of aromatic nitrogens is 2. The van der Waals surface area contributed by atoms with Gasteiger partial charge in [-0.25, -0.2) is 0 Å². The van der Waals surface area contributed by atoms with Gasteiger partial charge in [0.15, 0.2) is 0 Å². The molecule has 1 aromatic heterocycles. The van der Waals surface area contributed by atoms with Crippen molar-refractivity contribution in [1.82, 2.24) is 20.0 Å². The molecule has 0 bridgehead atoms. The summed E-state index contributed by atoms with van der Waals surface area (Å²) >= 11 is 0. The molecule has 0 aliphatic carbocycles. The van der Waals surface area contributed by atoms with Crippen molar-refractivity contribution in [2.24, 2.45) is 7.05 Å². The molecule has 1 atom stereocenters. The molecule has 1 N–H and O–H groups in total. The number of hydrogen-bond acceptors (Lipinski definition) is 3. The van der Waals surface area contributed by atoms with Crippen LogP contribution in [0.3, 0.4) is 0 Å². The van der Waals surface area contributed by atoms with Crippen molar-refractivity contribution in [1.29, 1.82) is 0 Å². The van der Waals surface area contributed by atoms with Gasteiger partial charge in [0.1, 0.15) is 0 Å². The van der Waals surface area contributed by atoms with E-state index >= 15 is 0 Å². The molecule has 15 heavy (non-hydrogen) atoms. The highest BCUT2D eigenvalue weighted by Gasteiger charge is 2.18. The van der Waals surface area contributed by atoms with Crippen LogP contribution in [-0.2, 0) is 13.6 Å². The van der Waals surface area contributed by atoms with Crippen LogP contribution in [0.4, 0.5) is 0 Å². The molecule has 0 aromatic carbocycles. The van der Waals surface area contributed by atoms with Crippen molar-refractivity contribution in [2.75, 3.05) is 20.1 Å². The van der Waals surface area contributed by atoms with Gasteiger partial charge in [-0.2, -0.15) is 5.10 Å². The molecule has 1 aliphatic heterocycles. The first-order valence-corrected chi connectivity index (χ1v) is 5.65. The summed E-state index contributed by atoms with van der Waals surface area (Å²) in [6.07, 6.45) is 4.46. The third-order valence-electron chi connectivity index (χ3n) is 3.23. The molecule has 1 saturated heterocycles. The van der Waals surface area contributed by atoms with Crippen LogP contribution in [0.1, 0.15) is 18.5 Å². The molecule has 2 heterocycles. The fourth-order valence-electron chi connectivity index (χ4n) is 2.15. The van der Waals surface area contributed by atoms with Gasteiger partial charge in [0.25, 0.3) is 0 Å². The number of likely N-dealkylation sites (N-methyl/N-ethyl adjacent to an activating group) is 1. The molecule has 0 radical (unpaired) electrons. The maximum Gasteiger partial charge on any atom is 0.0521 e. The standard InChI is InChI=1S/C11H20N4/c1-14(10-4-3-6-12-8-10)9-11-5-7-13-15(11)2/h5,7,10,12H,3-4,6,8-9H2,1-2H3. The summed E-state index contributed by atoms with van der Waals surface area (Å²) in [7, 11) is 4.20. The van der Waals surface area contributed by atoms with Crippen LogP contribution < -0.4 is 5.32 Å². The Morgan fingerprint density at radius 3 is 3.13 bits per heavy atom. The normalized spacial score (nSPS) is 22.2. The molecule has 4 heteroatoms. The van der Waals surface area contributed by atoms with Gasteiger partial charge in [-0.1, -0.05) is 0 Å². The lowest BCUT2D eigenvalue weighted by molar-refractivity contribution is 0.192. The minimum absolute atomic E-state index is 0.675. The van der Waals surface area contributed by atoms with E-state index in [9.17, 15) is 0 Å². The quantitative estimate of drug-likeness (QED) is 0.790. The highest BCUT2D eigenvalue weighted by molar-refractivity contribution is 5.00. The fraction of sp³-hybridized carbons (Fsp3) is 0.727. The predicted octanol–water partition coefficient (Wildman–Crippen LogP) is 0.604. The van der Waals surface area contributed by atoms with Crippen LogP contribution in [0.25, 0.3) is 0 Å². The summed E-state index contributed by atoms with van der Waals surface area (Å²) in [6, 6.07) is 2.76. The number of rotatable bonds is 3. The molecule has 1 aliphatic rings. The zero-order chi connectivity index (χ0) is 10.7. The van der Waals surface area contributed by atoms with Crippen molar-refractivity contribution in [3.63, 3.8) is 0 Å². The van der Waals surface area contributed by atoms with E-state index in [4.69, 9.17) is 0 Å². The summed E-state index contributed by atoms with van der Waals surface area (Å²) in [5.41, 5.74) is 1.28. The highest BCUT2D eigenvalue weighted by atomic mass is 15.3. The Hall–Kier alpha value is -0.870. The third kappa shape index (κ3) is 2.58. The number of aryl methyl sites for hydroxylation is 1. The topological polar surface area (TPSA) is 33.1 Å². The Morgan fingerprint density at radius 2 is 2.53 bits per heavy atom. The molecule has 1 unspecified atom stereocenters. The Labute approximate surface area is 91.3 Å². The van der Waals surface area contributed by atoms with E-state index in [0.29, 0.717) is 6.04 Å². The van der Waals surface area contributed by atoms with Gasteiger partial charge < -0.3 is 5.32 Å². The Balaban J connectivity index is 1.91. The lowest BCUT2D eigenvalue weighted by Crippen LogP contribution is -2.43. The molecule has 0 amide bonds. The van der Waals surface area contributed by atoms with Crippen molar-refractivity contribution >= 4 is 0 Å². The maximum atomic E-state index is 4.19. The molecule has 0 spiro atoms. The monoisotopic (exact) mass is 208 g/mol. The number of piperidine rings is 1. The number of hydrogen-bond donors (Lipinski definition) is 1. The SMILES string of the molecule is CN(Cc1ccnn1C)C1CCCNC1. The average molecular weight is 208 g/mol. The largest absolute Gasteiger partial charge is 0.315 e. The minimum Gasteiger partial charge on any atom is -0.315 e. The molecule has 0 saturated carbocycles. The van der Waals surface area contributed by atoms with Gasteiger partial charge >= 0.3 is 0 Å². The van der Waals surface area contributed by atoms with Crippen LogP contribution in [0.15, 0.2) is 12.3 Å². The van der Waals surface area contributed by atoms with Crippen LogP contribution in [0.5, 0.6) is 0 Å². The second-order valence-electron chi connectivity index (χ2n) is 4.36. The van der Waals surface area contributed by atoms with Crippen LogP contribution >= 0.6 is 0 Å². The van der Waals surface area contributed by atoms with Crippen molar-refractivity contribution in [2.45, 2.75) is 25.4 Å². The number of nitrogens with zero attached hydrogens (tertiary/aromatic N) is 3. The summed E-state index contributed by atoms with van der Waals surface area (Å²) in [6.45, 7) is 3.28. The molecule has 4 nitrogen and oxygen atoms in total. The molecule has 1 fully saturated rings. The predicted molar refractivity (Wildman–Crippen MR) is 60.6 cm³/mol. The highest BCUT2D eigenvalue weighted by Crippen LogP contribution is 2.11. The van der Waals surface area contributed by atoms with Crippen molar-refractivity contribution in [3.05, 3.63) is 18.0 Å². The van der Waals surface area contributed by atoms with E-state index in [1.165, 1.54) is 25.1 Å². The lowest BCUT2D eigenvalue weighted by Gasteiger charge is -2.31. The molecular formula is C11H20N4. The number of nitrogens with one attached hydrogen (secondary N) is 1. The van der Waals surface area contributed by atoms with E-state index in [1.54, 1.807) is 0 Å². The first kappa shape index (κ1) is 10.6. The summed E-state index contributed by atoms with van der Waals surface area (Å²) in [5, 5.41) is 7.64. The van der Waals surface area contributed by atoms with Gasteiger partial charge in [-0.15, -0.1) is 0 Å². The second kappa shape index (κ2) is 4.77. The Kier molecular flexibility index (Phi) is 3.38. The van der Waals surface area contributed by atoms with E-state index in [-0.39, 0.29) is 0 Å². The zero-order valence-corrected chi connectivity index (χ0v) is 9.61. The van der Waals surface area contributed by atoms with E-state index in [1.807, 2.05) is 17.9 Å². The van der Waals surface area contributed by atoms with Crippen LogP contribution in [-0.4, -0.2) is 40.9 Å². The van der Waals surface area contributed by atoms with Gasteiger partial charge in [0, 0.05) is 32.4 Å². The molecule has 2 rings (SSSR count). The summed E-state index contributed by atoms with van der Waals surface area (Å²) < 4.78 is 1.95.